The molecule has 6 heteroatoms. The van der Waals surface area contributed by atoms with Crippen molar-refractivity contribution >= 4 is 10.0 Å². The number of rotatable bonds is 6. The van der Waals surface area contributed by atoms with E-state index in [0.717, 1.165) is 37.8 Å². The molecule has 1 heterocycles. The minimum absolute atomic E-state index is 0.0771. The molecule has 5 nitrogen and oxygen atoms in total. The largest absolute Gasteiger partial charge is 0.313 e. The van der Waals surface area contributed by atoms with Crippen LogP contribution in [0.5, 0.6) is 0 Å². The fourth-order valence-corrected chi connectivity index (χ4v) is 3.50. The minimum Gasteiger partial charge on any atom is -0.313 e. The molecule has 0 aliphatic heterocycles. The second-order valence-electron chi connectivity index (χ2n) is 4.89. The van der Waals surface area contributed by atoms with Gasteiger partial charge in [0.1, 0.15) is 0 Å². The van der Waals surface area contributed by atoms with E-state index in [1.807, 2.05) is 6.92 Å². The molecule has 0 saturated heterocycles. The van der Waals surface area contributed by atoms with E-state index in [0.29, 0.717) is 6.54 Å². The van der Waals surface area contributed by atoms with Crippen LogP contribution < -0.4 is 10.0 Å². The monoisotopic (exact) mass is 283 g/mol. The van der Waals surface area contributed by atoms with Gasteiger partial charge in [0.05, 0.1) is 0 Å². The molecule has 0 spiro atoms. The fraction of sp³-hybridized carbons (Fsp3) is 0.615. The van der Waals surface area contributed by atoms with Crippen molar-refractivity contribution < 1.29 is 8.42 Å². The molecule has 1 aliphatic rings. The summed E-state index contributed by atoms with van der Waals surface area (Å²) in [5, 5.41) is 3.29. The van der Waals surface area contributed by atoms with Crippen molar-refractivity contribution in [3.63, 3.8) is 0 Å². The Balaban J connectivity index is 2.03. The van der Waals surface area contributed by atoms with Gasteiger partial charge in [-0.3, -0.25) is 0 Å². The molecule has 0 radical (unpaired) electrons. The van der Waals surface area contributed by atoms with E-state index in [1.54, 1.807) is 18.3 Å². The molecule has 0 atom stereocenters. The summed E-state index contributed by atoms with van der Waals surface area (Å²) in [4.78, 5) is 4.05. The summed E-state index contributed by atoms with van der Waals surface area (Å²) in [5.74, 6) is 0. The highest BCUT2D eigenvalue weighted by molar-refractivity contribution is 7.89. The number of hydrogen-bond donors (Lipinski definition) is 2. The van der Waals surface area contributed by atoms with E-state index in [2.05, 4.69) is 15.0 Å². The van der Waals surface area contributed by atoms with Crippen LogP contribution in [0.25, 0.3) is 0 Å². The predicted octanol–water partition coefficient (Wildman–Crippen LogP) is 1.41. The lowest BCUT2D eigenvalue weighted by Gasteiger charge is -2.12. The summed E-state index contributed by atoms with van der Waals surface area (Å²) < 4.78 is 27.0. The second-order valence-corrected chi connectivity index (χ2v) is 6.55. The van der Waals surface area contributed by atoms with Crippen LogP contribution in [-0.4, -0.2) is 26.0 Å². The molecule has 106 valence electrons. The summed E-state index contributed by atoms with van der Waals surface area (Å²) in [7, 11) is -3.46. The molecular formula is C13H21N3O2S. The van der Waals surface area contributed by atoms with Crippen LogP contribution in [0.1, 0.15) is 38.2 Å². The average Bonchev–Trinajstić information content (AvgIpc) is 2.89. The van der Waals surface area contributed by atoms with Crippen LogP contribution in [-0.2, 0) is 16.6 Å². The average molecular weight is 283 g/mol. The minimum atomic E-state index is -3.46. The topological polar surface area (TPSA) is 71.1 Å². The standard InChI is InChI=1S/C13H21N3O2S/c1-2-14-9-11-7-8-13(15-10-11)19(17,18)16-12-5-3-4-6-12/h7-8,10,12,14,16H,2-6,9H2,1H3. The van der Waals surface area contributed by atoms with Gasteiger partial charge in [0.2, 0.25) is 0 Å². The molecule has 1 aromatic rings. The Kier molecular flexibility index (Phi) is 4.90. The first-order valence-electron chi connectivity index (χ1n) is 6.80. The number of nitrogens with one attached hydrogen (secondary N) is 2. The summed E-state index contributed by atoms with van der Waals surface area (Å²) >= 11 is 0. The first kappa shape index (κ1) is 14.4. The zero-order valence-electron chi connectivity index (χ0n) is 11.2. The van der Waals surface area contributed by atoms with Crippen molar-refractivity contribution in [1.29, 1.82) is 0 Å². The zero-order valence-corrected chi connectivity index (χ0v) is 12.0. The third-order valence-corrected chi connectivity index (χ3v) is 4.76. The van der Waals surface area contributed by atoms with E-state index in [1.165, 1.54) is 0 Å². The zero-order chi connectivity index (χ0) is 13.7. The van der Waals surface area contributed by atoms with E-state index < -0.39 is 10.0 Å². The van der Waals surface area contributed by atoms with Crippen molar-refractivity contribution in [2.45, 2.75) is 50.2 Å². The maximum absolute atomic E-state index is 12.1. The van der Waals surface area contributed by atoms with Gasteiger partial charge in [0.25, 0.3) is 10.0 Å². The lowest BCUT2D eigenvalue weighted by atomic mass is 10.3. The molecule has 1 aromatic heterocycles. The van der Waals surface area contributed by atoms with E-state index in [9.17, 15) is 8.42 Å². The van der Waals surface area contributed by atoms with Gasteiger partial charge in [-0.2, -0.15) is 0 Å². The summed E-state index contributed by atoms with van der Waals surface area (Å²) in [6.07, 6.45) is 5.67. The van der Waals surface area contributed by atoms with Crippen LogP contribution in [0.2, 0.25) is 0 Å². The van der Waals surface area contributed by atoms with E-state index >= 15 is 0 Å². The van der Waals surface area contributed by atoms with Gasteiger partial charge < -0.3 is 5.32 Å². The van der Waals surface area contributed by atoms with Gasteiger partial charge in [0, 0.05) is 18.8 Å². The Morgan fingerprint density at radius 1 is 1.32 bits per heavy atom. The lowest BCUT2D eigenvalue weighted by Crippen LogP contribution is -2.33. The van der Waals surface area contributed by atoms with Crippen molar-refractivity contribution in [1.82, 2.24) is 15.0 Å². The quantitative estimate of drug-likeness (QED) is 0.828. The van der Waals surface area contributed by atoms with Crippen LogP contribution in [0.3, 0.4) is 0 Å². The molecule has 2 rings (SSSR count). The lowest BCUT2D eigenvalue weighted by molar-refractivity contribution is 0.548. The third kappa shape index (κ3) is 3.99. The predicted molar refractivity (Wildman–Crippen MR) is 74.2 cm³/mol. The number of hydrogen-bond acceptors (Lipinski definition) is 4. The highest BCUT2D eigenvalue weighted by Gasteiger charge is 2.23. The molecule has 0 bridgehead atoms. The third-order valence-electron chi connectivity index (χ3n) is 3.33. The van der Waals surface area contributed by atoms with Crippen LogP contribution in [0, 0.1) is 0 Å². The Labute approximate surface area is 114 Å². The number of aromatic nitrogens is 1. The first-order valence-corrected chi connectivity index (χ1v) is 8.28. The van der Waals surface area contributed by atoms with Crippen molar-refractivity contribution in [3.05, 3.63) is 23.9 Å². The van der Waals surface area contributed by atoms with Gasteiger partial charge in [0.15, 0.2) is 5.03 Å². The maximum Gasteiger partial charge on any atom is 0.258 e. The summed E-state index contributed by atoms with van der Waals surface area (Å²) in [6.45, 7) is 3.61. The second kappa shape index (κ2) is 6.45. The molecule has 2 N–H and O–H groups in total. The number of sulfonamides is 1. The van der Waals surface area contributed by atoms with Crippen molar-refractivity contribution in [2.24, 2.45) is 0 Å². The smallest absolute Gasteiger partial charge is 0.258 e. The van der Waals surface area contributed by atoms with Gasteiger partial charge in [-0.15, -0.1) is 0 Å². The van der Waals surface area contributed by atoms with E-state index in [-0.39, 0.29) is 11.1 Å². The van der Waals surface area contributed by atoms with Crippen LogP contribution in [0.15, 0.2) is 23.4 Å². The number of nitrogens with zero attached hydrogens (tertiary/aromatic N) is 1. The molecule has 0 aromatic carbocycles. The fourth-order valence-electron chi connectivity index (χ4n) is 2.27. The number of pyridine rings is 1. The molecule has 1 saturated carbocycles. The molecule has 0 amide bonds. The van der Waals surface area contributed by atoms with Crippen molar-refractivity contribution in [3.8, 4) is 0 Å². The molecule has 1 fully saturated rings. The van der Waals surface area contributed by atoms with Crippen LogP contribution >= 0.6 is 0 Å². The SMILES string of the molecule is CCNCc1ccc(S(=O)(=O)NC2CCCC2)nc1. The van der Waals surface area contributed by atoms with Crippen LogP contribution in [0.4, 0.5) is 0 Å². The van der Waals surface area contributed by atoms with Gasteiger partial charge in [-0.1, -0.05) is 25.8 Å². The highest BCUT2D eigenvalue weighted by Crippen LogP contribution is 2.19. The maximum atomic E-state index is 12.1. The Morgan fingerprint density at radius 2 is 2.05 bits per heavy atom. The Hall–Kier alpha value is -0.980. The van der Waals surface area contributed by atoms with Crippen molar-refractivity contribution in [2.75, 3.05) is 6.54 Å². The highest BCUT2D eigenvalue weighted by atomic mass is 32.2. The van der Waals surface area contributed by atoms with Gasteiger partial charge in [-0.05, 0) is 31.0 Å². The van der Waals surface area contributed by atoms with E-state index in [4.69, 9.17) is 0 Å². The Bertz CT molecular complexity index is 493. The Morgan fingerprint density at radius 3 is 2.63 bits per heavy atom. The molecule has 0 unspecified atom stereocenters. The molecule has 19 heavy (non-hydrogen) atoms. The summed E-state index contributed by atoms with van der Waals surface area (Å²) in [5.41, 5.74) is 0.988. The summed E-state index contributed by atoms with van der Waals surface area (Å²) in [6, 6.07) is 3.45. The molecular weight excluding hydrogens is 262 g/mol. The first-order chi connectivity index (χ1) is 9.12. The molecule has 1 aliphatic carbocycles. The van der Waals surface area contributed by atoms with Gasteiger partial charge >= 0.3 is 0 Å². The van der Waals surface area contributed by atoms with Gasteiger partial charge in [-0.25, -0.2) is 18.1 Å². The normalized spacial score (nSPS) is 16.9.